The standard InChI is InChI=1S/C11H16ClN3O/c12-8-9-4-2-1-3-7-15(9)11(16)10-5-6-13-14-10/h5-6,9H,1-4,7-8H2,(H,13,14). The Bertz CT molecular complexity index is 339. The van der Waals surface area contributed by atoms with E-state index >= 15 is 0 Å². The normalized spacial score (nSPS) is 21.8. The maximum atomic E-state index is 12.2. The molecule has 2 heterocycles. The van der Waals surface area contributed by atoms with E-state index in [0.29, 0.717) is 11.6 Å². The number of aromatic nitrogens is 2. The molecular formula is C11H16ClN3O. The van der Waals surface area contributed by atoms with Gasteiger partial charge in [-0.05, 0) is 18.9 Å². The van der Waals surface area contributed by atoms with E-state index in [0.717, 1.165) is 25.8 Å². The Hall–Kier alpha value is -1.03. The van der Waals surface area contributed by atoms with Crippen molar-refractivity contribution in [3.8, 4) is 0 Å². The minimum atomic E-state index is 0.0186. The Labute approximate surface area is 100.0 Å². The topological polar surface area (TPSA) is 49.0 Å². The SMILES string of the molecule is O=C(c1ccn[nH]1)N1CCCCCC1CCl. The molecule has 1 N–H and O–H groups in total. The highest BCUT2D eigenvalue weighted by atomic mass is 35.5. The second kappa shape index (κ2) is 5.34. The average molecular weight is 242 g/mol. The average Bonchev–Trinajstić information content (AvgIpc) is 2.73. The quantitative estimate of drug-likeness (QED) is 0.806. The lowest BCUT2D eigenvalue weighted by Gasteiger charge is -2.27. The van der Waals surface area contributed by atoms with Crippen LogP contribution in [0.4, 0.5) is 0 Å². The zero-order valence-electron chi connectivity index (χ0n) is 9.16. The van der Waals surface area contributed by atoms with Crippen LogP contribution in [-0.2, 0) is 0 Å². The van der Waals surface area contributed by atoms with Gasteiger partial charge in [0.2, 0.25) is 0 Å². The zero-order valence-corrected chi connectivity index (χ0v) is 9.91. The second-order valence-electron chi connectivity index (χ2n) is 4.13. The van der Waals surface area contributed by atoms with E-state index in [1.54, 1.807) is 12.3 Å². The van der Waals surface area contributed by atoms with Crippen LogP contribution in [0.25, 0.3) is 0 Å². The number of carbonyl (C=O) groups is 1. The van der Waals surface area contributed by atoms with E-state index in [2.05, 4.69) is 10.2 Å². The van der Waals surface area contributed by atoms with Gasteiger partial charge in [-0.15, -0.1) is 11.6 Å². The first-order valence-electron chi connectivity index (χ1n) is 5.69. The third-order valence-electron chi connectivity index (χ3n) is 3.05. The van der Waals surface area contributed by atoms with Crippen molar-refractivity contribution in [2.24, 2.45) is 0 Å². The summed E-state index contributed by atoms with van der Waals surface area (Å²) >= 11 is 5.93. The highest BCUT2D eigenvalue weighted by molar-refractivity contribution is 6.18. The molecule has 1 aromatic rings. The van der Waals surface area contributed by atoms with Crippen LogP contribution in [0.3, 0.4) is 0 Å². The molecule has 5 heteroatoms. The molecule has 1 unspecified atom stereocenters. The van der Waals surface area contributed by atoms with Gasteiger partial charge < -0.3 is 4.90 Å². The third kappa shape index (κ3) is 2.38. The summed E-state index contributed by atoms with van der Waals surface area (Å²) in [6, 6.07) is 1.87. The molecule has 0 spiro atoms. The number of alkyl halides is 1. The number of H-pyrrole nitrogens is 1. The van der Waals surface area contributed by atoms with Gasteiger partial charge >= 0.3 is 0 Å². The number of rotatable bonds is 2. The van der Waals surface area contributed by atoms with Crippen LogP contribution in [-0.4, -0.2) is 39.5 Å². The van der Waals surface area contributed by atoms with Crippen LogP contribution in [0, 0.1) is 0 Å². The molecule has 1 aliphatic rings. The summed E-state index contributed by atoms with van der Waals surface area (Å²) in [6.45, 7) is 0.801. The molecule has 1 aliphatic heterocycles. The Morgan fingerprint density at radius 3 is 3.12 bits per heavy atom. The van der Waals surface area contributed by atoms with Gasteiger partial charge in [0, 0.05) is 24.7 Å². The molecule has 1 atom stereocenters. The number of halogens is 1. The van der Waals surface area contributed by atoms with E-state index in [-0.39, 0.29) is 11.9 Å². The molecule has 1 fully saturated rings. The fraction of sp³-hybridized carbons (Fsp3) is 0.636. The van der Waals surface area contributed by atoms with Crippen molar-refractivity contribution in [2.45, 2.75) is 31.7 Å². The number of nitrogens with zero attached hydrogens (tertiary/aromatic N) is 2. The predicted molar refractivity (Wildman–Crippen MR) is 62.6 cm³/mol. The lowest BCUT2D eigenvalue weighted by molar-refractivity contribution is 0.0694. The van der Waals surface area contributed by atoms with Crippen LogP contribution < -0.4 is 0 Å². The van der Waals surface area contributed by atoms with E-state index in [1.165, 1.54) is 6.42 Å². The van der Waals surface area contributed by atoms with Gasteiger partial charge in [-0.2, -0.15) is 5.10 Å². The Balaban J connectivity index is 2.13. The summed E-state index contributed by atoms with van der Waals surface area (Å²) in [4.78, 5) is 14.1. The van der Waals surface area contributed by atoms with Crippen molar-refractivity contribution in [3.05, 3.63) is 18.0 Å². The van der Waals surface area contributed by atoms with Gasteiger partial charge in [-0.1, -0.05) is 12.8 Å². The number of carbonyl (C=O) groups excluding carboxylic acids is 1. The monoisotopic (exact) mass is 241 g/mol. The molecule has 2 rings (SSSR count). The lowest BCUT2D eigenvalue weighted by atomic mass is 10.1. The van der Waals surface area contributed by atoms with Gasteiger partial charge in [0.05, 0.1) is 0 Å². The van der Waals surface area contributed by atoms with E-state index < -0.39 is 0 Å². The molecule has 0 bridgehead atoms. The molecule has 0 aliphatic carbocycles. The first-order chi connectivity index (χ1) is 7.83. The lowest BCUT2D eigenvalue weighted by Crippen LogP contribution is -2.41. The molecule has 0 aromatic carbocycles. The van der Waals surface area contributed by atoms with Crippen LogP contribution in [0.5, 0.6) is 0 Å². The number of aromatic amines is 1. The maximum Gasteiger partial charge on any atom is 0.272 e. The minimum Gasteiger partial charge on any atom is -0.333 e. The molecule has 1 aromatic heterocycles. The number of hydrogen-bond acceptors (Lipinski definition) is 2. The first kappa shape index (κ1) is 11.5. The Morgan fingerprint density at radius 2 is 2.44 bits per heavy atom. The fourth-order valence-corrected chi connectivity index (χ4v) is 2.46. The number of likely N-dealkylation sites (tertiary alicyclic amines) is 1. The summed E-state index contributed by atoms with van der Waals surface area (Å²) in [6.07, 6.45) is 6.00. The highest BCUT2D eigenvalue weighted by Gasteiger charge is 2.26. The molecule has 0 saturated carbocycles. The summed E-state index contributed by atoms with van der Waals surface area (Å²) in [7, 11) is 0. The van der Waals surface area contributed by atoms with Gasteiger partial charge in [0.25, 0.3) is 5.91 Å². The Kier molecular flexibility index (Phi) is 3.83. The molecule has 0 radical (unpaired) electrons. The van der Waals surface area contributed by atoms with E-state index in [9.17, 15) is 4.79 Å². The zero-order chi connectivity index (χ0) is 11.4. The summed E-state index contributed by atoms with van der Waals surface area (Å²) in [5, 5.41) is 6.52. The molecule has 88 valence electrons. The van der Waals surface area contributed by atoms with Gasteiger partial charge in [0.15, 0.2) is 0 Å². The largest absolute Gasteiger partial charge is 0.333 e. The smallest absolute Gasteiger partial charge is 0.272 e. The van der Waals surface area contributed by atoms with E-state index in [4.69, 9.17) is 11.6 Å². The van der Waals surface area contributed by atoms with Crippen molar-refractivity contribution < 1.29 is 4.79 Å². The van der Waals surface area contributed by atoms with Crippen LogP contribution in [0.1, 0.15) is 36.2 Å². The highest BCUT2D eigenvalue weighted by Crippen LogP contribution is 2.19. The Morgan fingerprint density at radius 1 is 1.56 bits per heavy atom. The van der Waals surface area contributed by atoms with Gasteiger partial charge in [-0.25, -0.2) is 0 Å². The summed E-state index contributed by atoms with van der Waals surface area (Å²) in [5.74, 6) is 0.532. The van der Waals surface area contributed by atoms with Crippen molar-refractivity contribution in [2.75, 3.05) is 12.4 Å². The molecule has 16 heavy (non-hydrogen) atoms. The summed E-state index contributed by atoms with van der Waals surface area (Å²) < 4.78 is 0. The fourth-order valence-electron chi connectivity index (χ4n) is 2.13. The first-order valence-corrected chi connectivity index (χ1v) is 6.22. The molecule has 4 nitrogen and oxygen atoms in total. The van der Waals surface area contributed by atoms with Crippen LogP contribution in [0.15, 0.2) is 12.3 Å². The molecule has 1 saturated heterocycles. The number of nitrogens with one attached hydrogen (secondary N) is 1. The number of hydrogen-bond donors (Lipinski definition) is 1. The van der Waals surface area contributed by atoms with Gasteiger partial charge in [0.1, 0.15) is 5.69 Å². The van der Waals surface area contributed by atoms with Crippen molar-refractivity contribution in [3.63, 3.8) is 0 Å². The van der Waals surface area contributed by atoms with Crippen LogP contribution in [0.2, 0.25) is 0 Å². The third-order valence-corrected chi connectivity index (χ3v) is 3.40. The van der Waals surface area contributed by atoms with Crippen molar-refractivity contribution in [1.82, 2.24) is 15.1 Å². The van der Waals surface area contributed by atoms with E-state index in [1.807, 2.05) is 4.90 Å². The predicted octanol–water partition coefficient (Wildman–Crippen LogP) is 2.03. The summed E-state index contributed by atoms with van der Waals surface area (Å²) in [5.41, 5.74) is 0.553. The number of amides is 1. The second-order valence-corrected chi connectivity index (χ2v) is 4.43. The molecule has 1 amide bonds. The maximum absolute atomic E-state index is 12.2. The van der Waals surface area contributed by atoms with Crippen molar-refractivity contribution >= 4 is 17.5 Å². The van der Waals surface area contributed by atoms with Gasteiger partial charge in [-0.3, -0.25) is 9.89 Å². The van der Waals surface area contributed by atoms with Crippen LogP contribution >= 0.6 is 11.6 Å². The minimum absolute atomic E-state index is 0.0186. The molecular weight excluding hydrogens is 226 g/mol. The van der Waals surface area contributed by atoms with Crippen molar-refractivity contribution in [1.29, 1.82) is 0 Å².